The van der Waals surface area contributed by atoms with E-state index in [0.29, 0.717) is 21.0 Å². The average molecular weight is 350 g/mol. The molecule has 1 aromatic heterocycles. The van der Waals surface area contributed by atoms with Gasteiger partial charge in [0.2, 0.25) is 0 Å². The number of hydrogen-bond donors (Lipinski definition) is 0. The number of furan rings is 1. The van der Waals surface area contributed by atoms with E-state index in [2.05, 4.69) is 15.9 Å². The fraction of sp³-hybridized carbons (Fsp3) is 0. The van der Waals surface area contributed by atoms with Crippen LogP contribution in [0.2, 0.25) is 0 Å². The predicted molar refractivity (Wildman–Crippen MR) is 81.3 cm³/mol. The van der Waals surface area contributed by atoms with Crippen LogP contribution in [-0.2, 0) is 4.79 Å². The number of amides is 2. The number of thioether (sulfide) groups is 1. The summed E-state index contributed by atoms with van der Waals surface area (Å²) in [4.78, 5) is 25.8. The van der Waals surface area contributed by atoms with E-state index in [-0.39, 0.29) is 11.1 Å². The van der Waals surface area contributed by atoms with E-state index < -0.39 is 0 Å². The summed E-state index contributed by atoms with van der Waals surface area (Å²) in [6.45, 7) is 0. The van der Waals surface area contributed by atoms with E-state index >= 15 is 0 Å². The number of benzene rings is 1. The Morgan fingerprint density at radius 2 is 1.85 bits per heavy atom. The van der Waals surface area contributed by atoms with Gasteiger partial charge in [-0.3, -0.25) is 9.59 Å². The molecule has 1 aliphatic heterocycles. The Kier molecular flexibility index (Phi) is 3.50. The third-order valence-corrected chi connectivity index (χ3v) is 3.97. The molecule has 0 spiro atoms. The molecular weight excluding hydrogens is 342 g/mol. The lowest BCUT2D eigenvalue weighted by Crippen LogP contribution is -2.27. The second kappa shape index (κ2) is 5.30. The van der Waals surface area contributed by atoms with Crippen molar-refractivity contribution in [3.05, 3.63) is 57.8 Å². The third-order valence-electron chi connectivity index (χ3n) is 2.68. The normalized spacial score (nSPS) is 17.2. The van der Waals surface area contributed by atoms with Crippen LogP contribution in [-0.4, -0.2) is 11.1 Å². The van der Waals surface area contributed by atoms with E-state index in [0.717, 1.165) is 16.7 Å². The summed E-state index contributed by atoms with van der Waals surface area (Å²) in [6, 6.07) is 12.3. The minimum absolute atomic E-state index is 0.307. The minimum atomic E-state index is -0.335. The third kappa shape index (κ3) is 2.44. The molecule has 0 atom stereocenters. The van der Waals surface area contributed by atoms with Crippen molar-refractivity contribution in [2.45, 2.75) is 0 Å². The first-order valence-electron chi connectivity index (χ1n) is 5.73. The van der Waals surface area contributed by atoms with Crippen LogP contribution >= 0.6 is 27.7 Å². The molecule has 100 valence electrons. The molecule has 20 heavy (non-hydrogen) atoms. The molecule has 0 unspecified atom stereocenters. The van der Waals surface area contributed by atoms with Gasteiger partial charge in [-0.1, -0.05) is 18.2 Å². The monoisotopic (exact) mass is 349 g/mol. The van der Waals surface area contributed by atoms with E-state index in [9.17, 15) is 9.59 Å². The van der Waals surface area contributed by atoms with Crippen molar-refractivity contribution < 1.29 is 14.0 Å². The zero-order valence-corrected chi connectivity index (χ0v) is 12.5. The van der Waals surface area contributed by atoms with E-state index in [1.807, 2.05) is 6.07 Å². The molecule has 4 nitrogen and oxygen atoms in total. The summed E-state index contributed by atoms with van der Waals surface area (Å²) >= 11 is 4.10. The highest BCUT2D eigenvalue weighted by molar-refractivity contribution is 9.10. The molecule has 0 bridgehead atoms. The number of hydrogen-bond acceptors (Lipinski definition) is 4. The van der Waals surface area contributed by atoms with Gasteiger partial charge in [0.05, 0.1) is 10.6 Å². The second-order valence-corrected chi connectivity index (χ2v) is 5.77. The molecule has 1 saturated heterocycles. The first kappa shape index (κ1) is 13.2. The van der Waals surface area contributed by atoms with Gasteiger partial charge in [-0.05, 0) is 52.0 Å². The fourth-order valence-corrected chi connectivity index (χ4v) is 2.94. The van der Waals surface area contributed by atoms with Gasteiger partial charge in [-0.2, -0.15) is 0 Å². The quantitative estimate of drug-likeness (QED) is 0.759. The van der Waals surface area contributed by atoms with Crippen molar-refractivity contribution >= 4 is 50.6 Å². The maximum Gasteiger partial charge on any atom is 0.298 e. The van der Waals surface area contributed by atoms with Crippen molar-refractivity contribution in [2.75, 3.05) is 4.90 Å². The maximum absolute atomic E-state index is 12.3. The van der Waals surface area contributed by atoms with Crippen molar-refractivity contribution in [3.63, 3.8) is 0 Å². The van der Waals surface area contributed by atoms with Crippen LogP contribution in [0.1, 0.15) is 5.76 Å². The SMILES string of the molecule is O=C1SC(=Cc2ccc(Br)o2)C(=O)N1c1ccccc1. The average Bonchev–Trinajstić information content (AvgIpc) is 2.96. The lowest BCUT2D eigenvalue weighted by molar-refractivity contribution is -0.113. The number of nitrogens with zero attached hydrogens (tertiary/aromatic N) is 1. The molecule has 2 aromatic rings. The Bertz CT molecular complexity index is 708. The van der Waals surface area contributed by atoms with Crippen LogP contribution in [0, 0.1) is 0 Å². The number of para-hydroxylation sites is 1. The molecule has 0 saturated carbocycles. The Hall–Kier alpha value is -1.79. The lowest BCUT2D eigenvalue weighted by atomic mass is 10.3. The van der Waals surface area contributed by atoms with Gasteiger partial charge >= 0.3 is 0 Å². The van der Waals surface area contributed by atoms with E-state index in [1.165, 1.54) is 0 Å². The van der Waals surface area contributed by atoms with Gasteiger partial charge in [0.1, 0.15) is 5.76 Å². The highest BCUT2D eigenvalue weighted by Crippen LogP contribution is 2.35. The summed E-state index contributed by atoms with van der Waals surface area (Å²) in [5, 5.41) is -0.307. The number of carbonyl (C=O) groups excluding carboxylic acids is 2. The van der Waals surface area contributed by atoms with Crippen molar-refractivity contribution in [2.24, 2.45) is 0 Å². The standard InChI is InChI=1S/C14H8BrNO3S/c15-12-7-6-10(19-12)8-11-13(17)16(14(18)20-11)9-4-2-1-3-5-9/h1-8H. The van der Waals surface area contributed by atoms with E-state index in [4.69, 9.17) is 4.42 Å². The first-order chi connectivity index (χ1) is 9.65. The molecule has 0 aliphatic carbocycles. The number of imide groups is 1. The van der Waals surface area contributed by atoms with Crippen LogP contribution in [0.15, 0.2) is 56.5 Å². The predicted octanol–water partition coefficient (Wildman–Crippen LogP) is 4.28. The summed E-state index contributed by atoms with van der Waals surface area (Å²) in [7, 11) is 0. The molecular formula is C14H8BrNO3S. The molecule has 6 heteroatoms. The molecule has 1 fully saturated rings. The number of carbonyl (C=O) groups is 2. The first-order valence-corrected chi connectivity index (χ1v) is 7.34. The van der Waals surface area contributed by atoms with Gasteiger partial charge in [0.15, 0.2) is 4.67 Å². The minimum Gasteiger partial charge on any atom is -0.450 e. The van der Waals surface area contributed by atoms with Gasteiger partial charge in [-0.15, -0.1) is 0 Å². The van der Waals surface area contributed by atoms with E-state index in [1.54, 1.807) is 42.5 Å². The summed E-state index contributed by atoms with van der Waals surface area (Å²) in [6.07, 6.45) is 1.57. The highest BCUT2D eigenvalue weighted by atomic mass is 79.9. The van der Waals surface area contributed by atoms with Crippen molar-refractivity contribution in [1.82, 2.24) is 0 Å². The van der Waals surface area contributed by atoms with Gasteiger partial charge in [-0.25, -0.2) is 4.90 Å². The number of halogens is 1. The molecule has 2 heterocycles. The second-order valence-electron chi connectivity index (χ2n) is 3.99. The molecule has 0 N–H and O–H groups in total. The van der Waals surface area contributed by atoms with Crippen LogP contribution in [0.4, 0.5) is 10.5 Å². The maximum atomic E-state index is 12.3. The molecule has 1 aromatic carbocycles. The Morgan fingerprint density at radius 3 is 2.50 bits per heavy atom. The van der Waals surface area contributed by atoms with Crippen molar-refractivity contribution in [3.8, 4) is 0 Å². The Labute approximate surface area is 127 Å². The fourth-order valence-electron chi connectivity index (χ4n) is 1.80. The Balaban J connectivity index is 1.93. The van der Waals surface area contributed by atoms with Crippen LogP contribution in [0.25, 0.3) is 6.08 Å². The number of anilines is 1. The largest absolute Gasteiger partial charge is 0.450 e. The Morgan fingerprint density at radius 1 is 1.10 bits per heavy atom. The van der Waals surface area contributed by atoms with Crippen LogP contribution in [0.5, 0.6) is 0 Å². The summed E-state index contributed by atoms with van der Waals surface area (Å²) < 4.78 is 5.89. The highest BCUT2D eigenvalue weighted by Gasteiger charge is 2.36. The van der Waals surface area contributed by atoms with Gasteiger partial charge in [0.25, 0.3) is 11.1 Å². The van der Waals surface area contributed by atoms with Crippen LogP contribution < -0.4 is 4.90 Å². The lowest BCUT2D eigenvalue weighted by Gasteiger charge is -2.11. The topological polar surface area (TPSA) is 50.5 Å². The molecule has 0 radical (unpaired) electrons. The zero-order chi connectivity index (χ0) is 14.1. The van der Waals surface area contributed by atoms with Gasteiger partial charge < -0.3 is 4.42 Å². The smallest absolute Gasteiger partial charge is 0.298 e. The zero-order valence-electron chi connectivity index (χ0n) is 10.1. The summed E-state index contributed by atoms with van der Waals surface area (Å²) in [5.41, 5.74) is 0.569. The summed E-state index contributed by atoms with van der Waals surface area (Å²) in [5.74, 6) is 0.189. The van der Waals surface area contributed by atoms with Crippen molar-refractivity contribution in [1.29, 1.82) is 0 Å². The molecule has 2 amide bonds. The molecule has 1 aliphatic rings. The van der Waals surface area contributed by atoms with Gasteiger partial charge in [0, 0.05) is 6.08 Å². The van der Waals surface area contributed by atoms with Crippen LogP contribution in [0.3, 0.4) is 0 Å². The number of rotatable bonds is 2. The molecule has 3 rings (SSSR count).